The van der Waals surface area contributed by atoms with Gasteiger partial charge in [0, 0.05) is 11.8 Å². The van der Waals surface area contributed by atoms with E-state index in [0.717, 1.165) is 10.6 Å². The van der Waals surface area contributed by atoms with Gasteiger partial charge < -0.3 is 5.11 Å². The van der Waals surface area contributed by atoms with Crippen molar-refractivity contribution in [2.45, 2.75) is 6.18 Å². The number of fused-ring (bicyclic) bond motifs is 1. The van der Waals surface area contributed by atoms with Gasteiger partial charge >= 0.3 is 12.1 Å². The third-order valence-corrected chi connectivity index (χ3v) is 3.07. The van der Waals surface area contributed by atoms with Crippen LogP contribution >= 0.6 is 0 Å². The molecular formula is C14H8F3N3O2. The molecule has 0 bridgehead atoms. The van der Waals surface area contributed by atoms with Crippen LogP contribution < -0.4 is 0 Å². The van der Waals surface area contributed by atoms with Crippen LogP contribution in [0.5, 0.6) is 0 Å². The van der Waals surface area contributed by atoms with Gasteiger partial charge in [0.15, 0.2) is 11.5 Å². The minimum absolute atomic E-state index is 0.0121. The standard InChI is InChI=1S/C14H8F3N3O2/c15-14(16,17)10-6-2-1-4-8(10)11-18-12-9(13(21)22)5-3-7-20(12)19-11/h1-7H,(H,21,22). The summed E-state index contributed by atoms with van der Waals surface area (Å²) in [4.78, 5) is 15.1. The van der Waals surface area contributed by atoms with Crippen LogP contribution in [-0.2, 0) is 6.18 Å². The Balaban J connectivity index is 2.25. The van der Waals surface area contributed by atoms with E-state index in [1.165, 1.54) is 36.5 Å². The van der Waals surface area contributed by atoms with E-state index in [1.54, 1.807) is 0 Å². The van der Waals surface area contributed by atoms with Crippen molar-refractivity contribution < 1.29 is 23.1 Å². The lowest BCUT2D eigenvalue weighted by Crippen LogP contribution is -2.07. The first-order valence-corrected chi connectivity index (χ1v) is 6.13. The van der Waals surface area contributed by atoms with E-state index < -0.39 is 17.7 Å². The smallest absolute Gasteiger partial charge is 0.417 e. The maximum Gasteiger partial charge on any atom is 0.417 e. The van der Waals surface area contributed by atoms with Gasteiger partial charge in [0.25, 0.3) is 0 Å². The fourth-order valence-electron chi connectivity index (χ4n) is 2.11. The maximum atomic E-state index is 13.0. The summed E-state index contributed by atoms with van der Waals surface area (Å²) in [5, 5.41) is 13.0. The molecule has 0 atom stereocenters. The van der Waals surface area contributed by atoms with Crippen molar-refractivity contribution in [1.29, 1.82) is 0 Å². The lowest BCUT2D eigenvalue weighted by Gasteiger charge is -2.09. The second-order valence-corrected chi connectivity index (χ2v) is 4.47. The van der Waals surface area contributed by atoms with E-state index in [4.69, 9.17) is 5.11 Å². The molecule has 112 valence electrons. The van der Waals surface area contributed by atoms with Gasteiger partial charge in [-0.25, -0.2) is 14.3 Å². The molecule has 22 heavy (non-hydrogen) atoms. The predicted octanol–water partition coefficient (Wildman–Crippen LogP) is 3.11. The topological polar surface area (TPSA) is 67.5 Å². The number of nitrogens with zero attached hydrogens (tertiary/aromatic N) is 3. The number of carbonyl (C=O) groups is 1. The summed E-state index contributed by atoms with van der Waals surface area (Å²) in [6.07, 6.45) is -3.13. The highest BCUT2D eigenvalue weighted by atomic mass is 19.4. The first-order valence-electron chi connectivity index (χ1n) is 6.13. The van der Waals surface area contributed by atoms with Gasteiger partial charge in [-0.15, -0.1) is 5.10 Å². The van der Waals surface area contributed by atoms with Crippen LogP contribution in [0.25, 0.3) is 17.0 Å². The van der Waals surface area contributed by atoms with Crippen LogP contribution in [-0.4, -0.2) is 25.7 Å². The van der Waals surface area contributed by atoms with Crippen molar-refractivity contribution in [2.75, 3.05) is 0 Å². The molecule has 3 aromatic rings. The lowest BCUT2D eigenvalue weighted by molar-refractivity contribution is -0.137. The first-order chi connectivity index (χ1) is 10.4. The summed E-state index contributed by atoms with van der Waals surface area (Å²) in [5.74, 6) is -1.41. The zero-order chi connectivity index (χ0) is 15.9. The third-order valence-electron chi connectivity index (χ3n) is 3.07. The molecular weight excluding hydrogens is 299 g/mol. The van der Waals surface area contributed by atoms with E-state index in [1.807, 2.05) is 0 Å². The van der Waals surface area contributed by atoms with Crippen LogP contribution in [0.1, 0.15) is 15.9 Å². The Morgan fingerprint density at radius 1 is 1.14 bits per heavy atom. The van der Waals surface area contributed by atoms with Crippen LogP contribution in [0.3, 0.4) is 0 Å². The summed E-state index contributed by atoms with van der Waals surface area (Å²) < 4.78 is 40.3. The van der Waals surface area contributed by atoms with Gasteiger partial charge in [0.2, 0.25) is 0 Å². The van der Waals surface area contributed by atoms with Gasteiger partial charge in [-0.1, -0.05) is 18.2 Å². The number of halogens is 3. The molecule has 0 saturated carbocycles. The van der Waals surface area contributed by atoms with E-state index in [2.05, 4.69) is 10.1 Å². The number of benzene rings is 1. The van der Waals surface area contributed by atoms with Crippen molar-refractivity contribution in [1.82, 2.24) is 14.6 Å². The monoisotopic (exact) mass is 307 g/mol. The van der Waals surface area contributed by atoms with Crippen LogP contribution in [0.4, 0.5) is 13.2 Å². The number of carboxylic acids is 1. The number of aromatic carboxylic acids is 1. The molecule has 1 aromatic carbocycles. The fraction of sp³-hybridized carbons (Fsp3) is 0.0714. The molecule has 0 aliphatic carbocycles. The summed E-state index contributed by atoms with van der Waals surface area (Å²) in [5.41, 5.74) is -1.22. The van der Waals surface area contributed by atoms with Crippen molar-refractivity contribution in [2.24, 2.45) is 0 Å². The van der Waals surface area contributed by atoms with E-state index in [0.29, 0.717) is 0 Å². The highest BCUT2D eigenvalue weighted by Gasteiger charge is 2.34. The lowest BCUT2D eigenvalue weighted by atomic mass is 10.1. The minimum atomic E-state index is -4.55. The number of hydrogen-bond donors (Lipinski definition) is 1. The normalized spacial score (nSPS) is 11.8. The number of aromatic nitrogens is 3. The third kappa shape index (κ3) is 2.28. The largest absolute Gasteiger partial charge is 0.478 e. The Labute approximate surface area is 121 Å². The summed E-state index contributed by atoms with van der Waals surface area (Å²) in [7, 11) is 0. The highest BCUT2D eigenvalue weighted by Crippen LogP contribution is 2.35. The van der Waals surface area contributed by atoms with Crippen LogP contribution in [0, 0.1) is 0 Å². The van der Waals surface area contributed by atoms with E-state index in [-0.39, 0.29) is 22.6 Å². The predicted molar refractivity (Wildman–Crippen MR) is 70.4 cm³/mol. The molecule has 0 radical (unpaired) electrons. The van der Waals surface area contributed by atoms with Gasteiger partial charge in [0.05, 0.1) is 5.56 Å². The molecule has 0 saturated heterocycles. The quantitative estimate of drug-likeness (QED) is 0.790. The number of pyridine rings is 1. The van der Waals surface area contributed by atoms with E-state index >= 15 is 0 Å². The Kier molecular flexibility index (Phi) is 3.09. The Hall–Kier alpha value is -2.90. The van der Waals surface area contributed by atoms with Crippen molar-refractivity contribution >= 4 is 11.6 Å². The van der Waals surface area contributed by atoms with E-state index in [9.17, 15) is 18.0 Å². The van der Waals surface area contributed by atoms with Crippen LogP contribution in [0.2, 0.25) is 0 Å². The molecule has 5 nitrogen and oxygen atoms in total. The van der Waals surface area contributed by atoms with Gasteiger partial charge in [0.1, 0.15) is 5.56 Å². The SMILES string of the molecule is O=C(O)c1cccn2nc(-c3ccccc3C(F)(F)F)nc12. The zero-order valence-electron chi connectivity index (χ0n) is 10.9. The number of rotatable bonds is 2. The second-order valence-electron chi connectivity index (χ2n) is 4.47. The minimum Gasteiger partial charge on any atom is -0.478 e. The number of carboxylic acid groups (broad SMARTS) is 1. The molecule has 0 aliphatic rings. The molecule has 2 heterocycles. The fourth-order valence-corrected chi connectivity index (χ4v) is 2.11. The summed E-state index contributed by atoms with van der Waals surface area (Å²) in [6, 6.07) is 7.63. The maximum absolute atomic E-state index is 13.0. The molecule has 8 heteroatoms. The van der Waals surface area contributed by atoms with Gasteiger partial charge in [-0.05, 0) is 18.2 Å². The molecule has 0 amide bonds. The summed E-state index contributed by atoms with van der Waals surface area (Å²) >= 11 is 0. The zero-order valence-corrected chi connectivity index (χ0v) is 10.9. The van der Waals surface area contributed by atoms with Crippen molar-refractivity contribution in [3.63, 3.8) is 0 Å². The first kappa shape index (κ1) is 14.1. The number of hydrogen-bond acceptors (Lipinski definition) is 3. The summed E-state index contributed by atoms with van der Waals surface area (Å²) in [6.45, 7) is 0. The van der Waals surface area contributed by atoms with Crippen LogP contribution in [0.15, 0.2) is 42.6 Å². The van der Waals surface area contributed by atoms with Crippen molar-refractivity contribution in [3.05, 3.63) is 53.7 Å². The molecule has 0 aliphatic heterocycles. The average Bonchev–Trinajstić information content (AvgIpc) is 2.89. The van der Waals surface area contributed by atoms with Crippen molar-refractivity contribution in [3.8, 4) is 11.4 Å². The van der Waals surface area contributed by atoms with Gasteiger partial charge in [-0.3, -0.25) is 0 Å². The highest BCUT2D eigenvalue weighted by molar-refractivity contribution is 5.94. The number of alkyl halides is 3. The molecule has 1 N–H and O–H groups in total. The Bertz CT molecular complexity index is 871. The molecule has 0 spiro atoms. The second kappa shape index (κ2) is 4.83. The molecule has 0 fully saturated rings. The van der Waals surface area contributed by atoms with Gasteiger partial charge in [-0.2, -0.15) is 13.2 Å². The average molecular weight is 307 g/mol. The molecule has 0 unspecified atom stereocenters. The molecule has 3 rings (SSSR count). The molecule has 2 aromatic heterocycles. The Morgan fingerprint density at radius 2 is 1.86 bits per heavy atom. The Morgan fingerprint density at radius 3 is 2.55 bits per heavy atom.